The highest BCUT2D eigenvalue weighted by Crippen LogP contribution is 2.27. The van der Waals surface area contributed by atoms with Crippen LogP contribution in [0, 0.1) is 6.92 Å². The summed E-state index contributed by atoms with van der Waals surface area (Å²) >= 11 is 3.15. The Bertz CT molecular complexity index is 600. The second kappa shape index (κ2) is 7.40. The largest absolute Gasteiger partial charge is 0.460 e. The van der Waals surface area contributed by atoms with Crippen LogP contribution in [0.1, 0.15) is 22.8 Å². The van der Waals surface area contributed by atoms with Crippen LogP contribution in [0.25, 0.3) is 0 Å². The molecule has 0 fully saturated rings. The SMILES string of the molecule is CCOCCOC(=O)c1cc(Br)cc(S(=O)(=O)Cl)c1C. The second-order valence-electron chi connectivity index (χ2n) is 3.85. The van der Waals surface area contributed by atoms with Crippen LogP contribution >= 0.6 is 26.6 Å². The maximum atomic E-state index is 11.9. The number of hydrogen-bond acceptors (Lipinski definition) is 5. The van der Waals surface area contributed by atoms with E-state index in [-0.39, 0.29) is 29.2 Å². The lowest BCUT2D eigenvalue weighted by atomic mass is 10.1. The molecule has 8 heteroatoms. The third kappa shape index (κ3) is 4.73. The van der Waals surface area contributed by atoms with Crippen molar-refractivity contribution in [2.24, 2.45) is 0 Å². The van der Waals surface area contributed by atoms with Gasteiger partial charge in [0, 0.05) is 21.8 Å². The molecule has 1 aromatic rings. The van der Waals surface area contributed by atoms with E-state index in [2.05, 4.69) is 15.9 Å². The zero-order valence-electron chi connectivity index (χ0n) is 11.0. The first-order valence-corrected chi connectivity index (χ1v) is 8.87. The summed E-state index contributed by atoms with van der Waals surface area (Å²) < 4.78 is 33.4. The van der Waals surface area contributed by atoms with Gasteiger partial charge in [-0.3, -0.25) is 0 Å². The molecule has 0 aliphatic carbocycles. The highest BCUT2D eigenvalue weighted by atomic mass is 79.9. The molecule has 0 unspecified atom stereocenters. The summed E-state index contributed by atoms with van der Waals surface area (Å²) in [6, 6.07) is 2.83. The van der Waals surface area contributed by atoms with Crippen LogP contribution in [0.4, 0.5) is 0 Å². The molecule has 1 rings (SSSR count). The summed E-state index contributed by atoms with van der Waals surface area (Å²) in [4.78, 5) is 11.8. The van der Waals surface area contributed by atoms with E-state index in [9.17, 15) is 13.2 Å². The van der Waals surface area contributed by atoms with Crippen LogP contribution in [0.5, 0.6) is 0 Å². The summed E-state index contributed by atoms with van der Waals surface area (Å²) in [5.41, 5.74) is 0.403. The van der Waals surface area contributed by atoms with Gasteiger partial charge in [0.25, 0.3) is 9.05 Å². The molecule has 0 N–H and O–H groups in total. The fraction of sp³-hybridized carbons (Fsp3) is 0.417. The fourth-order valence-corrected chi connectivity index (χ4v) is 3.37. The van der Waals surface area contributed by atoms with E-state index in [0.29, 0.717) is 11.1 Å². The Balaban J connectivity index is 3.01. The molecule has 0 aliphatic rings. The molecule has 0 atom stereocenters. The van der Waals surface area contributed by atoms with Crippen molar-refractivity contribution in [3.8, 4) is 0 Å². The van der Waals surface area contributed by atoms with Crippen LogP contribution in [0.15, 0.2) is 21.5 Å². The average molecular weight is 386 g/mol. The Morgan fingerprint density at radius 1 is 1.35 bits per heavy atom. The highest BCUT2D eigenvalue weighted by molar-refractivity contribution is 9.10. The van der Waals surface area contributed by atoms with Crippen molar-refractivity contribution >= 4 is 41.6 Å². The predicted octanol–water partition coefficient (Wildman–Crippen LogP) is 2.88. The molecule has 0 saturated carbocycles. The van der Waals surface area contributed by atoms with Crippen LogP contribution in [-0.2, 0) is 18.5 Å². The number of carbonyl (C=O) groups excluding carboxylic acids is 1. The van der Waals surface area contributed by atoms with Gasteiger partial charge in [-0.1, -0.05) is 15.9 Å². The molecule has 0 heterocycles. The van der Waals surface area contributed by atoms with Gasteiger partial charge in [0.2, 0.25) is 0 Å². The van der Waals surface area contributed by atoms with Gasteiger partial charge in [-0.25, -0.2) is 13.2 Å². The quantitative estimate of drug-likeness (QED) is 0.428. The summed E-state index contributed by atoms with van der Waals surface area (Å²) in [5, 5.41) is 0. The number of esters is 1. The van der Waals surface area contributed by atoms with Crippen molar-refractivity contribution in [2.75, 3.05) is 19.8 Å². The standard InChI is InChI=1S/C12H14BrClO5S/c1-3-18-4-5-19-12(15)10-6-9(13)7-11(8(10)2)20(14,16)17/h6-7H,3-5H2,1-2H3. The molecule has 0 bridgehead atoms. The van der Waals surface area contributed by atoms with Gasteiger partial charge in [0.1, 0.15) is 6.61 Å². The van der Waals surface area contributed by atoms with Crippen molar-refractivity contribution in [1.29, 1.82) is 0 Å². The number of rotatable bonds is 6. The van der Waals surface area contributed by atoms with Crippen molar-refractivity contribution in [3.05, 3.63) is 27.7 Å². The van der Waals surface area contributed by atoms with E-state index in [1.54, 1.807) is 0 Å². The lowest BCUT2D eigenvalue weighted by Gasteiger charge is -2.10. The van der Waals surface area contributed by atoms with E-state index >= 15 is 0 Å². The van der Waals surface area contributed by atoms with Crippen molar-refractivity contribution in [3.63, 3.8) is 0 Å². The summed E-state index contributed by atoms with van der Waals surface area (Å²) in [5.74, 6) is -0.620. The molecule has 5 nitrogen and oxygen atoms in total. The molecular weight excluding hydrogens is 372 g/mol. The Morgan fingerprint density at radius 3 is 2.55 bits per heavy atom. The van der Waals surface area contributed by atoms with E-state index in [4.69, 9.17) is 20.2 Å². The fourth-order valence-electron chi connectivity index (χ4n) is 1.53. The molecule has 0 radical (unpaired) electrons. The van der Waals surface area contributed by atoms with Crippen molar-refractivity contribution in [1.82, 2.24) is 0 Å². The number of benzene rings is 1. The summed E-state index contributed by atoms with van der Waals surface area (Å²) in [7, 11) is 1.41. The number of carbonyl (C=O) groups is 1. The van der Waals surface area contributed by atoms with Crippen LogP contribution in [0.2, 0.25) is 0 Å². The van der Waals surface area contributed by atoms with Crippen molar-refractivity contribution < 1.29 is 22.7 Å². The van der Waals surface area contributed by atoms with Gasteiger partial charge in [0.05, 0.1) is 17.1 Å². The minimum atomic E-state index is -3.93. The molecule has 0 spiro atoms. The van der Waals surface area contributed by atoms with Gasteiger partial charge in [-0.2, -0.15) is 0 Å². The van der Waals surface area contributed by atoms with E-state index in [1.807, 2.05) is 6.92 Å². The number of halogens is 2. The molecule has 0 aliphatic heterocycles. The van der Waals surface area contributed by atoms with Crippen molar-refractivity contribution in [2.45, 2.75) is 18.7 Å². The van der Waals surface area contributed by atoms with Gasteiger partial charge < -0.3 is 9.47 Å². The summed E-state index contributed by atoms with van der Waals surface area (Å²) in [6.45, 7) is 4.25. The maximum Gasteiger partial charge on any atom is 0.338 e. The molecule has 1 aromatic carbocycles. The first-order valence-electron chi connectivity index (χ1n) is 5.77. The number of ether oxygens (including phenoxy) is 2. The second-order valence-corrected chi connectivity index (χ2v) is 7.30. The maximum absolute atomic E-state index is 11.9. The first kappa shape index (κ1) is 17.4. The molecule has 0 saturated heterocycles. The molecule has 20 heavy (non-hydrogen) atoms. The Labute approximate surface area is 130 Å². The molecule has 0 amide bonds. The zero-order chi connectivity index (χ0) is 15.3. The molecular formula is C12H14BrClO5S. The van der Waals surface area contributed by atoms with E-state index in [1.165, 1.54) is 19.1 Å². The lowest BCUT2D eigenvalue weighted by Crippen LogP contribution is -2.13. The zero-order valence-corrected chi connectivity index (χ0v) is 14.1. The molecule has 0 aromatic heterocycles. The Hall–Kier alpha value is -0.630. The third-order valence-corrected chi connectivity index (χ3v) is 4.38. The van der Waals surface area contributed by atoms with Crippen LogP contribution < -0.4 is 0 Å². The minimum absolute atomic E-state index is 0.0988. The highest BCUT2D eigenvalue weighted by Gasteiger charge is 2.21. The third-order valence-electron chi connectivity index (χ3n) is 2.47. The normalized spacial score (nSPS) is 11.4. The van der Waals surface area contributed by atoms with Crippen LogP contribution in [-0.4, -0.2) is 34.2 Å². The van der Waals surface area contributed by atoms with Gasteiger partial charge in [-0.05, 0) is 31.5 Å². The van der Waals surface area contributed by atoms with Gasteiger partial charge in [-0.15, -0.1) is 0 Å². The summed E-state index contributed by atoms with van der Waals surface area (Å²) in [6.07, 6.45) is 0. The van der Waals surface area contributed by atoms with Gasteiger partial charge >= 0.3 is 5.97 Å². The predicted molar refractivity (Wildman–Crippen MR) is 78.7 cm³/mol. The first-order chi connectivity index (χ1) is 9.27. The Morgan fingerprint density at radius 2 is 2.00 bits per heavy atom. The lowest BCUT2D eigenvalue weighted by molar-refractivity contribution is 0.0334. The monoisotopic (exact) mass is 384 g/mol. The van der Waals surface area contributed by atoms with Gasteiger partial charge in [0.15, 0.2) is 0 Å². The smallest absolute Gasteiger partial charge is 0.338 e. The average Bonchev–Trinajstić information content (AvgIpc) is 2.35. The van der Waals surface area contributed by atoms with E-state index in [0.717, 1.165) is 0 Å². The van der Waals surface area contributed by atoms with E-state index < -0.39 is 15.0 Å². The topological polar surface area (TPSA) is 69.7 Å². The number of hydrogen-bond donors (Lipinski definition) is 0. The Kier molecular flexibility index (Phi) is 6.44. The molecule has 112 valence electrons. The minimum Gasteiger partial charge on any atom is -0.460 e. The van der Waals surface area contributed by atoms with Crippen LogP contribution in [0.3, 0.4) is 0 Å².